The fraction of sp³-hybridized carbons (Fsp3) is 0.214. The molecule has 0 aliphatic heterocycles. The van der Waals surface area contributed by atoms with Gasteiger partial charge in [0.25, 0.3) is 0 Å². The average Bonchev–Trinajstić information content (AvgIpc) is 2.45. The molecule has 0 aliphatic carbocycles. The zero-order valence-corrected chi connectivity index (χ0v) is 12.9. The van der Waals surface area contributed by atoms with Crippen LogP contribution in [0.3, 0.4) is 0 Å². The smallest absolute Gasteiger partial charge is 0.123 e. The van der Waals surface area contributed by atoms with E-state index in [1.165, 1.54) is 0 Å². The topological polar surface area (TPSA) is 22.1 Å². The lowest BCUT2D eigenvalue weighted by Crippen LogP contribution is -1.98. The van der Waals surface area contributed by atoms with Crippen LogP contribution in [0.4, 0.5) is 0 Å². The zero-order chi connectivity index (χ0) is 12.8. The van der Waals surface area contributed by atoms with E-state index >= 15 is 0 Å². The minimum atomic E-state index is 0.578. The van der Waals surface area contributed by atoms with E-state index in [0.717, 1.165) is 33.4 Å². The summed E-state index contributed by atoms with van der Waals surface area (Å²) < 4.78 is 5.80. The molecule has 0 aliphatic rings. The average molecular weight is 371 g/mol. The van der Waals surface area contributed by atoms with E-state index in [9.17, 15) is 0 Å². The molecule has 0 saturated carbocycles. The number of aromatic nitrogens is 1. The first-order valence-corrected chi connectivity index (χ1v) is 7.84. The standard InChI is InChI=1S/C14H13Br2NO/c15-8-12-6-14(7-13(9-16)17-12)18-10-11-4-2-1-3-5-11/h1-7H,8-10H2. The summed E-state index contributed by atoms with van der Waals surface area (Å²) in [5, 5.41) is 1.46. The van der Waals surface area contributed by atoms with Crippen LogP contribution in [0.2, 0.25) is 0 Å². The van der Waals surface area contributed by atoms with E-state index < -0.39 is 0 Å². The maximum atomic E-state index is 5.80. The second-order valence-electron chi connectivity index (χ2n) is 3.83. The van der Waals surface area contributed by atoms with Gasteiger partial charge in [-0.05, 0) is 5.56 Å². The molecule has 2 aromatic rings. The summed E-state index contributed by atoms with van der Waals surface area (Å²) in [6, 6.07) is 14.1. The van der Waals surface area contributed by atoms with Gasteiger partial charge in [0, 0.05) is 22.8 Å². The van der Waals surface area contributed by atoms with Crippen LogP contribution < -0.4 is 4.74 Å². The number of pyridine rings is 1. The summed E-state index contributed by atoms with van der Waals surface area (Å²) >= 11 is 6.84. The van der Waals surface area contributed by atoms with Crippen molar-refractivity contribution in [3.05, 3.63) is 59.4 Å². The van der Waals surface area contributed by atoms with E-state index in [4.69, 9.17) is 4.74 Å². The Morgan fingerprint density at radius 1 is 0.944 bits per heavy atom. The highest BCUT2D eigenvalue weighted by atomic mass is 79.9. The molecule has 0 unspecified atom stereocenters. The van der Waals surface area contributed by atoms with E-state index in [0.29, 0.717) is 6.61 Å². The molecule has 2 nitrogen and oxygen atoms in total. The molecule has 0 N–H and O–H groups in total. The maximum absolute atomic E-state index is 5.80. The maximum Gasteiger partial charge on any atom is 0.123 e. The van der Waals surface area contributed by atoms with E-state index in [2.05, 4.69) is 49.0 Å². The van der Waals surface area contributed by atoms with Crippen molar-refractivity contribution in [2.24, 2.45) is 0 Å². The molecule has 94 valence electrons. The zero-order valence-electron chi connectivity index (χ0n) is 9.77. The first kappa shape index (κ1) is 13.6. The second-order valence-corrected chi connectivity index (χ2v) is 4.95. The molecule has 1 heterocycles. The Labute approximate surface area is 124 Å². The Morgan fingerprint density at radius 2 is 1.56 bits per heavy atom. The first-order valence-electron chi connectivity index (χ1n) is 5.60. The summed E-state index contributed by atoms with van der Waals surface area (Å²) in [6.07, 6.45) is 0. The highest BCUT2D eigenvalue weighted by Gasteiger charge is 2.03. The van der Waals surface area contributed by atoms with Crippen molar-refractivity contribution in [3.8, 4) is 5.75 Å². The lowest BCUT2D eigenvalue weighted by molar-refractivity contribution is 0.305. The predicted molar refractivity (Wildman–Crippen MR) is 80.3 cm³/mol. The largest absolute Gasteiger partial charge is 0.489 e. The first-order chi connectivity index (χ1) is 8.81. The third-order valence-electron chi connectivity index (χ3n) is 2.43. The van der Waals surface area contributed by atoms with Crippen LogP contribution in [0.15, 0.2) is 42.5 Å². The molecule has 0 radical (unpaired) electrons. The summed E-state index contributed by atoms with van der Waals surface area (Å²) in [5.41, 5.74) is 3.13. The molecule has 0 bridgehead atoms. The molecule has 1 aromatic carbocycles. The third kappa shape index (κ3) is 3.82. The Morgan fingerprint density at radius 3 is 2.11 bits per heavy atom. The van der Waals surface area contributed by atoms with Gasteiger partial charge in [0.05, 0.1) is 11.4 Å². The molecule has 4 heteroatoms. The molecule has 0 atom stereocenters. The Bertz CT molecular complexity index is 480. The van der Waals surface area contributed by atoms with Gasteiger partial charge in [0.1, 0.15) is 12.4 Å². The van der Waals surface area contributed by atoms with Crippen molar-refractivity contribution in [1.82, 2.24) is 4.98 Å². The molecule has 0 saturated heterocycles. The molecule has 1 aromatic heterocycles. The van der Waals surface area contributed by atoms with Crippen molar-refractivity contribution in [1.29, 1.82) is 0 Å². The SMILES string of the molecule is BrCc1cc(OCc2ccccc2)cc(CBr)n1. The number of benzene rings is 1. The van der Waals surface area contributed by atoms with Crippen LogP contribution in [0, 0.1) is 0 Å². The van der Waals surface area contributed by atoms with Gasteiger partial charge < -0.3 is 4.74 Å². The van der Waals surface area contributed by atoms with Crippen LogP contribution in [-0.4, -0.2) is 4.98 Å². The van der Waals surface area contributed by atoms with Crippen molar-refractivity contribution in [2.45, 2.75) is 17.3 Å². The Kier molecular flexibility index (Phi) is 5.20. The number of nitrogens with zero attached hydrogens (tertiary/aromatic N) is 1. The van der Waals surface area contributed by atoms with E-state index in [1.54, 1.807) is 0 Å². The van der Waals surface area contributed by atoms with Gasteiger partial charge in [-0.1, -0.05) is 62.2 Å². The van der Waals surface area contributed by atoms with Gasteiger partial charge in [-0.25, -0.2) is 0 Å². The number of hydrogen-bond acceptors (Lipinski definition) is 2. The summed E-state index contributed by atoms with van der Waals surface area (Å²) in [4.78, 5) is 4.45. The third-order valence-corrected chi connectivity index (χ3v) is 3.58. The van der Waals surface area contributed by atoms with Gasteiger partial charge in [0.15, 0.2) is 0 Å². The number of ether oxygens (including phenoxy) is 1. The fourth-order valence-corrected chi connectivity index (χ4v) is 2.15. The molecule has 0 fully saturated rings. The summed E-state index contributed by atoms with van der Waals surface area (Å²) in [5.74, 6) is 0.859. The van der Waals surface area contributed by atoms with E-state index in [1.807, 2.05) is 30.3 Å². The van der Waals surface area contributed by atoms with Gasteiger partial charge in [0.2, 0.25) is 0 Å². The second kappa shape index (κ2) is 6.90. The van der Waals surface area contributed by atoms with Crippen LogP contribution in [-0.2, 0) is 17.3 Å². The Hall–Kier alpha value is -0.870. The predicted octanol–water partition coefficient (Wildman–Crippen LogP) is 4.45. The van der Waals surface area contributed by atoms with Gasteiger partial charge in [-0.2, -0.15) is 0 Å². The van der Waals surface area contributed by atoms with Crippen LogP contribution >= 0.6 is 31.9 Å². The highest BCUT2D eigenvalue weighted by Crippen LogP contribution is 2.19. The van der Waals surface area contributed by atoms with Crippen LogP contribution in [0.1, 0.15) is 17.0 Å². The van der Waals surface area contributed by atoms with Crippen molar-refractivity contribution in [3.63, 3.8) is 0 Å². The molecular weight excluding hydrogens is 358 g/mol. The van der Waals surface area contributed by atoms with Gasteiger partial charge in [-0.3, -0.25) is 4.98 Å². The van der Waals surface area contributed by atoms with Crippen LogP contribution in [0.5, 0.6) is 5.75 Å². The minimum absolute atomic E-state index is 0.578. The minimum Gasteiger partial charge on any atom is -0.489 e. The van der Waals surface area contributed by atoms with Gasteiger partial charge >= 0.3 is 0 Å². The Balaban J connectivity index is 2.09. The molecule has 0 amide bonds. The number of alkyl halides is 2. The molecule has 2 rings (SSSR count). The lowest BCUT2D eigenvalue weighted by Gasteiger charge is -2.09. The normalized spacial score (nSPS) is 10.3. The summed E-state index contributed by atoms with van der Waals surface area (Å²) in [6.45, 7) is 0.578. The lowest BCUT2D eigenvalue weighted by atomic mass is 10.2. The van der Waals surface area contributed by atoms with Crippen molar-refractivity contribution in [2.75, 3.05) is 0 Å². The van der Waals surface area contributed by atoms with Crippen LogP contribution in [0.25, 0.3) is 0 Å². The number of halogens is 2. The monoisotopic (exact) mass is 369 g/mol. The highest BCUT2D eigenvalue weighted by molar-refractivity contribution is 9.08. The van der Waals surface area contributed by atoms with Crippen molar-refractivity contribution >= 4 is 31.9 Å². The molecular formula is C14H13Br2NO. The van der Waals surface area contributed by atoms with Crippen molar-refractivity contribution < 1.29 is 4.74 Å². The molecule has 18 heavy (non-hydrogen) atoms. The molecule has 0 spiro atoms. The summed E-state index contributed by atoms with van der Waals surface area (Å²) in [7, 11) is 0. The quantitative estimate of drug-likeness (QED) is 0.725. The number of rotatable bonds is 5. The van der Waals surface area contributed by atoms with Gasteiger partial charge in [-0.15, -0.1) is 0 Å². The van der Waals surface area contributed by atoms with E-state index in [-0.39, 0.29) is 0 Å². The fourth-order valence-electron chi connectivity index (χ4n) is 1.58. The number of hydrogen-bond donors (Lipinski definition) is 0.